The van der Waals surface area contributed by atoms with E-state index in [2.05, 4.69) is 4.98 Å². The second-order valence-corrected chi connectivity index (χ2v) is 7.84. The van der Waals surface area contributed by atoms with Crippen molar-refractivity contribution >= 4 is 26.9 Å². The average Bonchev–Trinajstić information content (AvgIpc) is 2.61. The molecule has 0 aliphatic carbocycles. The summed E-state index contributed by atoms with van der Waals surface area (Å²) in [6.07, 6.45) is 1.95. The number of carbonyl (C=O) groups is 1. The summed E-state index contributed by atoms with van der Waals surface area (Å²) in [4.78, 5) is 26.3. The molecule has 8 heteroatoms. The molecule has 0 bridgehead atoms. The third-order valence-electron chi connectivity index (χ3n) is 4.31. The van der Waals surface area contributed by atoms with Gasteiger partial charge in [0.05, 0.1) is 11.5 Å². The third-order valence-corrected chi connectivity index (χ3v) is 6.22. The van der Waals surface area contributed by atoms with Gasteiger partial charge in [-0.2, -0.15) is 4.31 Å². The molecule has 3 rings (SSSR count). The van der Waals surface area contributed by atoms with E-state index in [1.165, 1.54) is 22.5 Å². The van der Waals surface area contributed by atoms with Crippen LogP contribution in [-0.2, 0) is 19.6 Å². The number of nitrogens with one attached hydrogen (secondary N) is 1. The van der Waals surface area contributed by atoms with Gasteiger partial charge in [-0.1, -0.05) is 0 Å². The number of fused-ring (bicyclic) bond motifs is 1. The van der Waals surface area contributed by atoms with Gasteiger partial charge in [0.15, 0.2) is 0 Å². The van der Waals surface area contributed by atoms with E-state index >= 15 is 0 Å². The van der Waals surface area contributed by atoms with E-state index in [9.17, 15) is 18.0 Å². The summed E-state index contributed by atoms with van der Waals surface area (Å²) in [7, 11) is -3.84. The number of esters is 1. The van der Waals surface area contributed by atoms with Gasteiger partial charge in [0, 0.05) is 18.1 Å². The van der Waals surface area contributed by atoms with Gasteiger partial charge in [-0.3, -0.25) is 9.59 Å². The largest absolute Gasteiger partial charge is 0.465 e. The zero-order valence-electron chi connectivity index (χ0n) is 13.9. The van der Waals surface area contributed by atoms with Crippen molar-refractivity contribution in [2.45, 2.75) is 37.1 Å². The molecule has 1 aliphatic heterocycles. The summed E-state index contributed by atoms with van der Waals surface area (Å²) in [5.74, 6) is -0.504. The van der Waals surface area contributed by atoms with Crippen LogP contribution >= 0.6 is 0 Å². The number of hydrogen-bond acceptors (Lipinski definition) is 5. The molecule has 1 aromatic heterocycles. The lowest BCUT2D eigenvalue weighted by atomic mass is 10.1. The Hall–Kier alpha value is -2.19. The Morgan fingerprint density at radius 2 is 2.08 bits per heavy atom. The van der Waals surface area contributed by atoms with Crippen LogP contribution in [0.3, 0.4) is 0 Å². The first-order valence-corrected chi connectivity index (χ1v) is 9.69. The van der Waals surface area contributed by atoms with Crippen molar-refractivity contribution < 1.29 is 17.9 Å². The minimum Gasteiger partial charge on any atom is -0.465 e. The highest BCUT2D eigenvalue weighted by Gasteiger charge is 2.38. The number of rotatable bonds is 4. The fourth-order valence-corrected chi connectivity index (χ4v) is 4.78. The van der Waals surface area contributed by atoms with Gasteiger partial charge in [0.2, 0.25) is 15.6 Å². The first-order chi connectivity index (χ1) is 11.9. The summed E-state index contributed by atoms with van der Waals surface area (Å²) >= 11 is 0. The quantitative estimate of drug-likeness (QED) is 0.832. The van der Waals surface area contributed by atoms with Crippen LogP contribution in [0, 0.1) is 0 Å². The molecule has 2 heterocycles. The van der Waals surface area contributed by atoms with Crippen molar-refractivity contribution in [1.29, 1.82) is 0 Å². The van der Waals surface area contributed by atoms with E-state index in [1.807, 2.05) is 0 Å². The number of aromatic nitrogens is 1. The lowest BCUT2D eigenvalue weighted by Crippen LogP contribution is -2.48. The van der Waals surface area contributed by atoms with Crippen molar-refractivity contribution in [3.8, 4) is 0 Å². The van der Waals surface area contributed by atoms with Crippen molar-refractivity contribution in [2.24, 2.45) is 0 Å². The number of hydrogen-bond donors (Lipinski definition) is 1. The summed E-state index contributed by atoms with van der Waals surface area (Å²) in [5, 5.41) is 0.616. The first-order valence-electron chi connectivity index (χ1n) is 8.25. The molecule has 1 N–H and O–H groups in total. The Labute approximate surface area is 145 Å². The average molecular weight is 364 g/mol. The second-order valence-electron chi connectivity index (χ2n) is 5.95. The Morgan fingerprint density at radius 3 is 2.84 bits per heavy atom. The second kappa shape index (κ2) is 6.97. The van der Waals surface area contributed by atoms with Crippen LogP contribution in [0.25, 0.3) is 10.9 Å². The van der Waals surface area contributed by atoms with Gasteiger partial charge in [0.1, 0.15) is 6.04 Å². The predicted octanol–water partition coefficient (Wildman–Crippen LogP) is 1.63. The lowest BCUT2D eigenvalue weighted by Gasteiger charge is -2.33. The highest BCUT2D eigenvalue weighted by molar-refractivity contribution is 7.89. The minimum atomic E-state index is -3.84. The molecular weight excluding hydrogens is 344 g/mol. The van der Waals surface area contributed by atoms with E-state index in [0.29, 0.717) is 23.7 Å². The highest BCUT2D eigenvalue weighted by Crippen LogP contribution is 2.27. The standard InChI is InChI=1S/C17H20N2O5S/c1-2-24-17(21)15-5-3-4-10-19(15)25(22,23)13-7-8-14-12(11-13)6-9-16(20)18-14/h6-9,11,15H,2-5,10H2,1H3,(H,18,20). The molecule has 25 heavy (non-hydrogen) atoms. The Kier molecular flexibility index (Phi) is 4.91. The van der Waals surface area contributed by atoms with E-state index in [4.69, 9.17) is 4.74 Å². The molecule has 0 saturated carbocycles. The van der Waals surface area contributed by atoms with Gasteiger partial charge in [-0.15, -0.1) is 0 Å². The molecule has 0 amide bonds. The molecule has 1 unspecified atom stereocenters. The van der Waals surface area contributed by atoms with Gasteiger partial charge in [-0.05, 0) is 55.8 Å². The number of pyridine rings is 1. The number of nitrogens with zero attached hydrogens (tertiary/aromatic N) is 1. The minimum absolute atomic E-state index is 0.100. The molecule has 0 radical (unpaired) electrons. The number of carbonyl (C=O) groups excluding carboxylic acids is 1. The van der Waals surface area contributed by atoms with E-state index in [0.717, 1.165) is 6.42 Å². The van der Waals surface area contributed by atoms with Crippen LogP contribution in [0.15, 0.2) is 40.0 Å². The number of sulfonamides is 1. The van der Waals surface area contributed by atoms with Gasteiger partial charge in [0.25, 0.3) is 0 Å². The maximum atomic E-state index is 13.1. The first kappa shape index (κ1) is 17.6. The number of aromatic amines is 1. The number of piperidine rings is 1. The molecule has 0 spiro atoms. The monoisotopic (exact) mass is 364 g/mol. The summed E-state index contributed by atoms with van der Waals surface area (Å²) in [5.41, 5.74) is 0.313. The molecule has 1 aliphatic rings. The maximum absolute atomic E-state index is 13.1. The highest BCUT2D eigenvalue weighted by atomic mass is 32.2. The van der Waals surface area contributed by atoms with Crippen LogP contribution in [0.5, 0.6) is 0 Å². The van der Waals surface area contributed by atoms with E-state index in [-0.39, 0.29) is 23.6 Å². The predicted molar refractivity (Wildman–Crippen MR) is 92.7 cm³/mol. The molecule has 134 valence electrons. The zero-order chi connectivity index (χ0) is 18.0. The number of ether oxygens (including phenoxy) is 1. The fourth-order valence-electron chi connectivity index (χ4n) is 3.09. The van der Waals surface area contributed by atoms with Crippen molar-refractivity contribution in [3.63, 3.8) is 0 Å². The number of H-pyrrole nitrogens is 1. The molecular formula is C17H20N2O5S. The molecule has 1 fully saturated rings. The van der Waals surface area contributed by atoms with E-state index in [1.54, 1.807) is 19.1 Å². The van der Waals surface area contributed by atoms with Gasteiger partial charge in [-0.25, -0.2) is 8.42 Å². The summed E-state index contributed by atoms with van der Waals surface area (Å²) < 4.78 is 32.4. The van der Waals surface area contributed by atoms with Crippen molar-refractivity contribution in [3.05, 3.63) is 40.7 Å². The molecule has 2 aromatic rings. The van der Waals surface area contributed by atoms with Crippen LogP contribution in [0.2, 0.25) is 0 Å². The molecule has 1 aromatic carbocycles. The molecule has 7 nitrogen and oxygen atoms in total. The SMILES string of the molecule is CCOC(=O)C1CCCCN1S(=O)(=O)c1ccc2[nH]c(=O)ccc2c1. The van der Waals surface area contributed by atoms with Gasteiger partial charge < -0.3 is 9.72 Å². The normalized spacial score (nSPS) is 19.0. The smallest absolute Gasteiger partial charge is 0.324 e. The van der Waals surface area contributed by atoms with Gasteiger partial charge >= 0.3 is 5.97 Å². The topological polar surface area (TPSA) is 96.5 Å². The molecule has 1 atom stereocenters. The fraction of sp³-hybridized carbons (Fsp3) is 0.412. The Morgan fingerprint density at radius 1 is 1.28 bits per heavy atom. The summed E-state index contributed by atoms with van der Waals surface area (Å²) in [6.45, 7) is 2.20. The number of benzene rings is 1. The molecule has 1 saturated heterocycles. The lowest BCUT2D eigenvalue weighted by molar-refractivity contribution is -0.148. The Bertz CT molecular complexity index is 951. The van der Waals surface area contributed by atoms with Crippen LogP contribution < -0.4 is 5.56 Å². The Balaban J connectivity index is 2.00. The van der Waals surface area contributed by atoms with Crippen LogP contribution in [0.4, 0.5) is 0 Å². The maximum Gasteiger partial charge on any atom is 0.324 e. The third kappa shape index (κ3) is 3.45. The summed E-state index contributed by atoms with van der Waals surface area (Å²) in [6, 6.07) is 6.66. The van der Waals surface area contributed by atoms with Crippen molar-refractivity contribution in [1.82, 2.24) is 9.29 Å². The zero-order valence-corrected chi connectivity index (χ0v) is 14.7. The van der Waals surface area contributed by atoms with E-state index < -0.39 is 22.0 Å². The van der Waals surface area contributed by atoms with Crippen molar-refractivity contribution in [2.75, 3.05) is 13.2 Å². The van der Waals surface area contributed by atoms with Crippen LogP contribution in [0.1, 0.15) is 26.2 Å². The van der Waals surface area contributed by atoms with Crippen LogP contribution in [-0.4, -0.2) is 42.9 Å².